The van der Waals surface area contributed by atoms with Crippen LogP contribution >= 0.6 is 33.9 Å². The van der Waals surface area contributed by atoms with Crippen LogP contribution in [0, 0.1) is 3.57 Å². The highest BCUT2D eigenvalue weighted by atomic mass is 127. The Balaban J connectivity index is 2.18. The summed E-state index contributed by atoms with van der Waals surface area (Å²) in [7, 11) is -1.62. The van der Waals surface area contributed by atoms with Crippen molar-refractivity contribution in [2.45, 2.75) is 10.6 Å². The van der Waals surface area contributed by atoms with Crippen LogP contribution in [0.15, 0.2) is 40.6 Å². The lowest BCUT2D eigenvalue weighted by atomic mass is 10.3. The van der Waals surface area contributed by atoms with E-state index in [1.54, 1.807) is 12.1 Å². The van der Waals surface area contributed by atoms with Crippen molar-refractivity contribution in [3.8, 4) is 0 Å². The standard InChI is InChI=1S/C13H15IN2O2S2/c1-15-9-8-10-6-7-13(19-10)20(17,18)16-12-5-3-2-4-11(12)14/h2-7,15-16H,8-9H2,1H3. The van der Waals surface area contributed by atoms with Gasteiger partial charge < -0.3 is 5.32 Å². The SMILES string of the molecule is CNCCc1ccc(S(=O)(=O)Nc2ccccc2I)s1. The number of hydrogen-bond donors (Lipinski definition) is 2. The Morgan fingerprint density at radius 2 is 1.95 bits per heavy atom. The third-order valence-electron chi connectivity index (χ3n) is 2.64. The number of halogens is 1. The largest absolute Gasteiger partial charge is 0.319 e. The van der Waals surface area contributed by atoms with Gasteiger partial charge in [-0.05, 0) is 66.9 Å². The maximum absolute atomic E-state index is 12.3. The number of benzene rings is 1. The lowest BCUT2D eigenvalue weighted by Crippen LogP contribution is -2.12. The summed E-state index contributed by atoms with van der Waals surface area (Å²) >= 11 is 3.42. The minimum absolute atomic E-state index is 0.350. The molecule has 2 aromatic rings. The number of para-hydroxylation sites is 1. The van der Waals surface area contributed by atoms with E-state index in [-0.39, 0.29) is 0 Å². The minimum atomic E-state index is -3.50. The molecule has 0 amide bonds. The van der Waals surface area contributed by atoms with E-state index in [2.05, 4.69) is 32.6 Å². The van der Waals surface area contributed by atoms with Crippen molar-refractivity contribution in [3.05, 3.63) is 44.8 Å². The molecule has 0 unspecified atom stereocenters. The molecule has 1 aromatic carbocycles. The first-order chi connectivity index (χ1) is 9.53. The Morgan fingerprint density at radius 3 is 2.65 bits per heavy atom. The van der Waals surface area contributed by atoms with Crippen LogP contribution in [0.4, 0.5) is 5.69 Å². The molecule has 0 saturated carbocycles. The van der Waals surface area contributed by atoms with Crippen LogP contribution < -0.4 is 10.0 Å². The highest BCUT2D eigenvalue weighted by Gasteiger charge is 2.17. The normalized spacial score (nSPS) is 11.5. The van der Waals surface area contributed by atoms with Crippen molar-refractivity contribution in [1.29, 1.82) is 0 Å². The summed E-state index contributed by atoms with van der Waals surface area (Å²) in [6.45, 7) is 0.837. The minimum Gasteiger partial charge on any atom is -0.319 e. The van der Waals surface area contributed by atoms with E-state index in [0.29, 0.717) is 9.90 Å². The number of thiophene rings is 1. The van der Waals surface area contributed by atoms with Crippen molar-refractivity contribution in [3.63, 3.8) is 0 Å². The molecule has 1 heterocycles. The molecular weight excluding hydrogens is 407 g/mol. The van der Waals surface area contributed by atoms with Gasteiger partial charge in [-0.25, -0.2) is 8.42 Å². The van der Waals surface area contributed by atoms with Gasteiger partial charge in [0.2, 0.25) is 0 Å². The second kappa shape index (κ2) is 6.88. The molecule has 0 aliphatic rings. The Bertz CT molecular complexity index is 683. The molecule has 0 bridgehead atoms. The maximum atomic E-state index is 12.3. The summed E-state index contributed by atoms with van der Waals surface area (Å²) in [6.07, 6.45) is 0.833. The first-order valence-corrected chi connectivity index (χ1v) is 9.41. The number of hydrogen-bond acceptors (Lipinski definition) is 4. The molecule has 1 aromatic heterocycles. The number of likely N-dealkylation sites (N-methyl/N-ethyl adjacent to an activating group) is 1. The summed E-state index contributed by atoms with van der Waals surface area (Å²) in [5, 5.41) is 3.05. The summed E-state index contributed by atoms with van der Waals surface area (Å²) in [6, 6.07) is 10.8. The lowest BCUT2D eigenvalue weighted by Gasteiger charge is -2.07. The van der Waals surface area contributed by atoms with Gasteiger partial charge in [-0.15, -0.1) is 11.3 Å². The van der Waals surface area contributed by atoms with Crippen molar-refractivity contribution in [2.75, 3.05) is 18.3 Å². The Kier molecular flexibility index (Phi) is 5.42. The smallest absolute Gasteiger partial charge is 0.271 e. The summed E-state index contributed by atoms with van der Waals surface area (Å²) in [5.41, 5.74) is 0.610. The number of anilines is 1. The third-order valence-corrected chi connectivity index (χ3v) is 6.58. The average Bonchev–Trinajstić information content (AvgIpc) is 2.88. The number of nitrogens with one attached hydrogen (secondary N) is 2. The molecular formula is C13H15IN2O2S2. The second-order valence-corrected chi connectivity index (χ2v) is 8.40. The summed E-state index contributed by atoms with van der Waals surface area (Å²) in [5.74, 6) is 0. The zero-order valence-electron chi connectivity index (χ0n) is 10.9. The Morgan fingerprint density at radius 1 is 1.20 bits per heavy atom. The summed E-state index contributed by atoms with van der Waals surface area (Å²) in [4.78, 5) is 1.06. The molecule has 0 aliphatic carbocycles. The van der Waals surface area contributed by atoms with Crippen LogP contribution in [-0.2, 0) is 16.4 Å². The molecule has 0 fully saturated rings. The molecule has 4 nitrogen and oxygen atoms in total. The molecule has 108 valence electrons. The zero-order valence-corrected chi connectivity index (χ0v) is 14.7. The van der Waals surface area contributed by atoms with Gasteiger partial charge in [-0.3, -0.25) is 4.72 Å². The van der Waals surface area contributed by atoms with Crippen LogP contribution in [0.2, 0.25) is 0 Å². The van der Waals surface area contributed by atoms with E-state index in [4.69, 9.17) is 0 Å². The fourth-order valence-electron chi connectivity index (χ4n) is 1.62. The molecule has 2 N–H and O–H groups in total. The third kappa shape index (κ3) is 3.94. The molecule has 0 aliphatic heterocycles. The maximum Gasteiger partial charge on any atom is 0.271 e. The first kappa shape index (κ1) is 15.7. The van der Waals surface area contributed by atoms with E-state index in [0.717, 1.165) is 21.4 Å². The van der Waals surface area contributed by atoms with Crippen molar-refractivity contribution < 1.29 is 8.42 Å². The van der Waals surface area contributed by atoms with E-state index in [1.165, 1.54) is 11.3 Å². The molecule has 7 heteroatoms. The van der Waals surface area contributed by atoms with Crippen molar-refractivity contribution in [2.24, 2.45) is 0 Å². The van der Waals surface area contributed by atoms with Gasteiger partial charge in [0.15, 0.2) is 0 Å². The fourth-order valence-corrected chi connectivity index (χ4v) is 4.76. The molecule has 0 saturated heterocycles. The zero-order chi connectivity index (χ0) is 14.6. The van der Waals surface area contributed by atoms with Gasteiger partial charge in [-0.2, -0.15) is 0 Å². The average molecular weight is 422 g/mol. The van der Waals surface area contributed by atoms with E-state index < -0.39 is 10.0 Å². The number of rotatable bonds is 6. The van der Waals surface area contributed by atoms with Crippen LogP contribution in [0.3, 0.4) is 0 Å². The van der Waals surface area contributed by atoms with Gasteiger partial charge in [0.1, 0.15) is 4.21 Å². The second-order valence-electron chi connectivity index (χ2n) is 4.16. The van der Waals surface area contributed by atoms with Crippen LogP contribution in [0.5, 0.6) is 0 Å². The van der Waals surface area contributed by atoms with Crippen LogP contribution in [-0.4, -0.2) is 22.0 Å². The van der Waals surface area contributed by atoms with Gasteiger partial charge in [-0.1, -0.05) is 12.1 Å². The molecule has 0 atom stereocenters. The topological polar surface area (TPSA) is 58.2 Å². The Labute approximate surface area is 136 Å². The number of sulfonamides is 1. The molecule has 2 rings (SSSR count). The summed E-state index contributed by atoms with van der Waals surface area (Å²) < 4.78 is 28.5. The van der Waals surface area contributed by atoms with Crippen molar-refractivity contribution >= 4 is 49.6 Å². The first-order valence-electron chi connectivity index (χ1n) is 6.03. The van der Waals surface area contributed by atoms with Gasteiger partial charge in [0.05, 0.1) is 5.69 Å². The van der Waals surface area contributed by atoms with Gasteiger partial charge in [0, 0.05) is 8.45 Å². The van der Waals surface area contributed by atoms with Crippen molar-refractivity contribution in [1.82, 2.24) is 5.32 Å². The monoisotopic (exact) mass is 422 g/mol. The highest BCUT2D eigenvalue weighted by Crippen LogP contribution is 2.26. The van der Waals surface area contributed by atoms with E-state index >= 15 is 0 Å². The quantitative estimate of drug-likeness (QED) is 0.704. The highest BCUT2D eigenvalue weighted by molar-refractivity contribution is 14.1. The fraction of sp³-hybridized carbons (Fsp3) is 0.231. The van der Waals surface area contributed by atoms with Crippen LogP contribution in [0.1, 0.15) is 4.88 Å². The molecule has 0 spiro atoms. The van der Waals surface area contributed by atoms with E-state index in [9.17, 15) is 8.42 Å². The van der Waals surface area contributed by atoms with Crippen LogP contribution in [0.25, 0.3) is 0 Å². The lowest BCUT2D eigenvalue weighted by molar-refractivity contribution is 0.603. The predicted octanol–water partition coefficient (Wildman–Crippen LogP) is 2.92. The van der Waals surface area contributed by atoms with E-state index in [1.807, 2.05) is 31.3 Å². The predicted molar refractivity (Wildman–Crippen MR) is 91.9 cm³/mol. The van der Waals surface area contributed by atoms with Gasteiger partial charge in [0.25, 0.3) is 10.0 Å². The van der Waals surface area contributed by atoms with Gasteiger partial charge >= 0.3 is 0 Å². The molecule has 20 heavy (non-hydrogen) atoms. The Hall–Kier alpha value is -0.640. The molecule has 0 radical (unpaired) electrons.